The van der Waals surface area contributed by atoms with E-state index in [0.717, 1.165) is 38.5 Å². The Balaban J connectivity index is 1.70. The number of rotatable bonds is 6. The SMILES string of the molecule is CC[C@H](C)C(=O)O[C@H]1CCC=C2C=C[C@H](C)C(CC[C@@H]3C[C@@H](C)CC(=O)O3)C21. The van der Waals surface area contributed by atoms with E-state index in [1.165, 1.54) is 5.57 Å². The summed E-state index contributed by atoms with van der Waals surface area (Å²) >= 11 is 0. The van der Waals surface area contributed by atoms with Crippen molar-refractivity contribution in [3.05, 3.63) is 23.8 Å². The van der Waals surface area contributed by atoms with Crippen LogP contribution in [0.15, 0.2) is 23.8 Å². The van der Waals surface area contributed by atoms with Gasteiger partial charge in [0, 0.05) is 12.3 Å². The van der Waals surface area contributed by atoms with Crippen molar-refractivity contribution in [2.24, 2.45) is 29.6 Å². The first-order valence-corrected chi connectivity index (χ1v) is 11.2. The van der Waals surface area contributed by atoms with Crippen LogP contribution in [0.3, 0.4) is 0 Å². The molecule has 0 aromatic rings. The van der Waals surface area contributed by atoms with E-state index in [0.29, 0.717) is 24.2 Å². The van der Waals surface area contributed by atoms with E-state index < -0.39 is 0 Å². The van der Waals surface area contributed by atoms with E-state index in [1.807, 2.05) is 13.8 Å². The van der Waals surface area contributed by atoms with E-state index in [-0.39, 0.29) is 36.0 Å². The summed E-state index contributed by atoms with van der Waals surface area (Å²) in [6, 6.07) is 0. The van der Waals surface area contributed by atoms with Gasteiger partial charge in [0.05, 0.1) is 5.92 Å². The molecule has 2 aliphatic carbocycles. The predicted molar refractivity (Wildman–Crippen MR) is 109 cm³/mol. The Morgan fingerprint density at radius 3 is 2.82 bits per heavy atom. The molecule has 3 aliphatic rings. The van der Waals surface area contributed by atoms with Gasteiger partial charge < -0.3 is 9.47 Å². The van der Waals surface area contributed by atoms with Crippen molar-refractivity contribution in [3.8, 4) is 0 Å². The molecule has 156 valence electrons. The fourth-order valence-corrected chi connectivity index (χ4v) is 5.04. The van der Waals surface area contributed by atoms with Gasteiger partial charge >= 0.3 is 11.9 Å². The van der Waals surface area contributed by atoms with E-state index in [9.17, 15) is 9.59 Å². The minimum absolute atomic E-state index is 0.0338. The predicted octanol–water partition coefficient (Wildman–Crippen LogP) is 5.22. The number of carbonyl (C=O) groups is 2. The molecule has 4 nitrogen and oxygen atoms in total. The highest BCUT2D eigenvalue weighted by Gasteiger charge is 2.40. The molecule has 0 bridgehead atoms. The summed E-state index contributed by atoms with van der Waals surface area (Å²) in [4.78, 5) is 24.3. The van der Waals surface area contributed by atoms with Crippen molar-refractivity contribution in [1.82, 2.24) is 0 Å². The Labute approximate surface area is 169 Å². The number of ether oxygens (including phenoxy) is 2. The van der Waals surface area contributed by atoms with Crippen LogP contribution < -0.4 is 0 Å². The highest BCUT2D eigenvalue weighted by molar-refractivity contribution is 5.72. The summed E-state index contributed by atoms with van der Waals surface area (Å²) in [6.07, 6.45) is 12.9. The van der Waals surface area contributed by atoms with Gasteiger partial charge in [-0.15, -0.1) is 0 Å². The van der Waals surface area contributed by atoms with Crippen molar-refractivity contribution in [2.75, 3.05) is 0 Å². The molecule has 2 unspecified atom stereocenters. The van der Waals surface area contributed by atoms with E-state index in [2.05, 4.69) is 32.1 Å². The van der Waals surface area contributed by atoms with Crippen LogP contribution in [-0.2, 0) is 19.1 Å². The molecule has 0 spiro atoms. The second-order valence-electron chi connectivity index (χ2n) is 9.21. The van der Waals surface area contributed by atoms with Crippen LogP contribution in [0.2, 0.25) is 0 Å². The van der Waals surface area contributed by atoms with Crippen LogP contribution in [0.4, 0.5) is 0 Å². The maximum absolute atomic E-state index is 12.5. The fraction of sp³-hybridized carbons (Fsp3) is 0.750. The quantitative estimate of drug-likeness (QED) is 0.585. The summed E-state index contributed by atoms with van der Waals surface area (Å²) in [5.41, 5.74) is 1.32. The van der Waals surface area contributed by atoms with Crippen LogP contribution in [0, 0.1) is 29.6 Å². The number of carbonyl (C=O) groups excluding carboxylic acids is 2. The lowest BCUT2D eigenvalue weighted by Gasteiger charge is -2.42. The van der Waals surface area contributed by atoms with Crippen molar-refractivity contribution < 1.29 is 19.1 Å². The number of fused-ring (bicyclic) bond motifs is 1. The largest absolute Gasteiger partial charge is 0.462 e. The normalized spacial score (nSPS) is 36.1. The first-order valence-electron chi connectivity index (χ1n) is 11.2. The Morgan fingerprint density at radius 1 is 1.32 bits per heavy atom. The van der Waals surface area contributed by atoms with Crippen LogP contribution >= 0.6 is 0 Å². The zero-order valence-electron chi connectivity index (χ0n) is 17.9. The molecule has 0 amide bonds. The number of hydrogen-bond donors (Lipinski definition) is 0. The minimum Gasteiger partial charge on any atom is -0.462 e. The maximum Gasteiger partial charge on any atom is 0.308 e. The average Bonchev–Trinajstić information content (AvgIpc) is 2.66. The van der Waals surface area contributed by atoms with E-state index in [1.54, 1.807) is 0 Å². The highest BCUT2D eigenvalue weighted by Crippen LogP contribution is 2.44. The molecule has 1 heterocycles. The van der Waals surface area contributed by atoms with E-state index in [4.69, 9.17) is 9.47 Å². The molecule has 28 heavy (non-hydrogen) atoms. The number of hydrogen-bond acceptors (Lipinski definition) is 4. The molecule has 7 atom stereocenters. The Morgan fingerprint density at radius 2 is 2.11 bits per heavy atom. The van der Waals surface area contributed by atoms with Crippen molar-refractivity contribution in [2.45, 2.75) is 84.8 Å². The first kappa shape index (κ1) is 21.1. The molecule has 1 aliphatic heterocycles. The molecule has 0 N–H and O–H groups in total. The van der Waals surface area contributed by atoms with Crippen molar-refractivity contribution in [1.29, 1.82) is 0 Å². The molecule has 0 radical (unpaired) electrons. The van der Waals surface area contributed by atoms with Crippen LogP contribution in [0.25, 0.3) is 0 Å². The standard InChI is InChI=1S/C24H36O4/c1-5-16(3)24(26)28-21-8-6-7-18-10-9-17(4)20(23(18)21)12-11-19-13-15(2)14-22(25)27-19/h7,9-10,15-17,19-21,23H,5-6,8,11-14H2,1-4H3/t15-,16+,17+,19-,20?,21+,23?/m1/s1. The minimum atomic E-state index is -0.0651. The number of cyclic esters (lactones) is 1. The summed E-state index contributed by atoms with van der Waals surface area (Å²) in [7, 11) is 0. The van der Waals surface area contributed by atoms with Gasteiger partial charge in [-0.3, -0.25) is 9.59 Å². The molecule has 0 aromatic heterocycles. The zero-order chi connectivity index (χ0) is 20.3. The third kappa shape index (κ3) is 4.87. The van der Waals surface area contributed by atoms with E-state index >= 15 is 0 Å². The molecular weight excluding hydrogens is 352 g/mol. The molecule has 0 saturated carbocycles. The Hall–Kier alpha value is -1.58. The third-order valence-corrected chi connectivity index (χ3v) is 6.93. The van der Waals surface area contributed by atoms with Gasteiger partial charge in [0.2, 0.25) is 0 Å². The van der Waals surface area contributed by atoms with Gasteiger partial charge in [0.15, 0.2) is 0 Å². The number of esters is 2. The second kappa shape index (κ2) is 9.28. The second-order valence-corrected chi connectivity index (χ2v) is 9.21. The summed E-state index contributed by atoms with van der Waals surface area (Å²) in [6.45, 7) is 8.36. The monoisotopic (exact) mass is 388 g/mol. The van der Waals surface area contributed by atoms with Crippen molar-refractivity contribution >= 4 is 11.9 Å². The van der Waals surface area contributed by atoms with Crippen LogP contribution in [-0.4, -0.2) is 24.1 Å². The summed E-state index contributed by atoms with van der Waals surface area (Å²) in [5, 5.41) is 0. The fourth-order valence-electron chi connectivity index (χ4n) is 5.04. The molecule has 0 aromatic carbocycles. The molecule has 1 saturated heterocycles. The van der Waals surface area contributed by atoms with Gasteiger partial charge in [-0.1, -0.05) is 45.9 Å². The van der Waals surface area contributed by atoms with Gasteiger partial charge in [0.25, 0.3) is 0 Å². The van der Waals surface area contributed by atoms with Gasteiger partial charge in [-0.25, -0.2) is 0 Å². The Bertz CT molecular complexity index is 635. The molecule has 3 rings (SSSR count). The first-order chi connectivity index (χ1) is 13.4. The lowest BCUT2D eigenvalue weighted by molar-refractivity contribution is -0.160. The van der Waals surface area contributed by atoms with Gasteiger partial charge in [-0.05, 0) is 61.9 Å². The average molecular weight is 389 g/mol. The van der Waals surface area contributed by atoms with Crippen LogP contribution in [0.5, 0.6) is 0 Å². The maximum atomic E-state index is 12.5. The summed E-state index contributed by atoms with van der Waals surface area (Å²) in [5.74, 6) is 1.35. The lowest BCUT2D eigenvalue weighted by atomic mass is 9.66. The van der Waals surface area contributed by atoms with Crippen molar-refractivity contribution in [3.63, 3.8) is 0 Å². The smallest absolute Gasteiger partial charge is 0.308 e. The Kier molecular flexibility index (Phi) is 7.00. The third-order valence-electron chi connectivity index (χ3n) is 6.93. The molecule has 4 heteroatoms. The highest BCUT2D eigenvalue weighted by atomic mass is 16.5. The summed E-state index contributed by atoms with van der Waals surface area (Å²) < 4.78 is 11.6. The topological polar surface area (TPSA) is 52.6 Å². The molecular formula is C24H36O4. The van der Waals surface area contributed by atoms with Gasteiger partial charge in [0.1, 0.15) is 12.2 Å². The number of allylic oxidation sites excluding steroid dienone is 3. The molecule has 1 fully saturated rings. The zero-order valence-corrected chi connectivity index (χ0v) is 17.9. The van der Waals surface area contributed by atoms with Crippen LogP contribution in [0.1, 0.15) is 72.6 Å². The lowest BCUT2D eigenvalue weighted by Crippen LogP contribution is -2.40. The van der Waals surface area contributed by atoms with Gasteiger partial charge in [-0.2, -0.15) is 0 Å².